The van der Waals surface area contributed by atoms with Crippen LogP contribution in [0.2, 0.25) is 0 Å². The highest BCUT2D eigenvalue weighted by atomic mass is 32.2. The van der Waals surface area contributed by atoms with Gasteiger partial charge in [-0.05, 0) is 12.8 Å². The fourth-order valence-electron chi connectivity index (χ4n) is 2.28. The van der Waals surface area contributed by atoms with Crippen LogP contribution in [-0.2, 0) is 27.4 Å². The van der Waals surface area contributed by atoms with Gasteiger partial charge in [0.2, 0.25) is 10.0 Å². The summed E-state index contributed by atoms with van der Waals surface area (Å²) in [6.45, 7) is 2.11. The van der Waals surface area contributed by atoms with Crippen LogP contribution in [0.5, 0.6) is 0 Å². The van der Waals surface area contributed by atoms with Gasteiger partial charge in [0.15, 0.2) is 0 Å². The van der Waals surface area contributed by atoms with Crippen molar-refractivity contribution in [1.82, 2.24) is 19.4 Å². The summed E-state index contributed by atoms with van der Waals surface area (Å²) in [6, 6.07) is 0.637. The SMILES string of the molecule is O=S1CCN(S(=O)(=O)c2cnn(CCNC3CC3)c2)CC1. The van der Waals surface area contributed by atoms with Crippen LogP contribution in [0.4, 0.5) is 0 Å². The first-order valence-corrected chi connectivity index (χ1v) is 10.1. The lowest BCUT2D eigenvalue weighted by Crippen LogP contribution is -2.41. The Morgan fingerprint density at radius 1 is 1.33 bits per heavy atom. The minimum Gasteiger partial charge on any atom is -0.312 e. The Hall–Kier alpha value is -0.770. The van der Waals surface area contributed by atoms with E-state index in [1.165, 1.54) is 23.3 Å². The van der Waals surface area contributed by atoms with E-state index in [1.54, 1.807) is 10.9 Å². The van der Waals surface area contributed by atoms with Crippen LogP contribution in [0, 0.1) is 0 Å². The van der Waals surface area contributed by atoms with Gasteiger partial charge in [0, 0.05) is 54.2 Å². The van der Waals surface area contributed by atoms with Crippen molar-refractivity contribution >= 4 is 20.8 Å². The smallest absolute Gasteiger partial charge is 0.246 e. The van der Waals surface area contributed by atoms with Crippen molar-refractivity contribution in [3.8, 4) is 0 Å². The molecule has 118 valence electrons. The molecule has 2 aliphatic rings. The molecule has 0 unspecified atom stereocenters. The van der Waals surface area contributed by atoms with Crippen LogP contribution >= 0.6 is 0 Å². The van der Waals surface area contributed by atoms with E-state index < -0.39 is 20.8 Å². The summed E-state index contributed by atoms with van der Waals surface area (Å²) in [5.41, 5.74) is 0. The van der Waals surface area contributed by atoms with Crippen molar-refractivity contribution in [3.05, 3.63) is 12.4 Å². The summed E-state index contributed by atoms with van der Waals surface area (Å²) in [5.74, 6) is 0.831. The molecule has 1 N–H and O–H groups in total. The average molecular weight is 332 g/mol. The third-order valence-corrected chi connectivity index (χ3v) is 6.86. The zero-order valence-electron chi connectivity index (χ0n) is 11.8. The van der Waals surface area contributed by atoms with E-state index in [9.17, 15) is 12.6 Å². The summed E-state index contributed by atoms with van der Waals surface area (Å²) in [5, 5.41) is 7.49. The van der Waals surface area contributed by atoms with E-state index in [2.05, 4.69) is 10.4 Å². The molecule has 0 radical (unpaired) electrons. The predicted molar refractivity (Wildman–Crippen MR) is 79.9 cm³/mol. The number of nitrogens with one attached hydrogen (secondary N) is 1. The Kier molecular flexibility index (Phi) is 4.43. The van der Waals surface area contributed by atoms with Crippen molar-refractivity contribution in [3.63, 3.8) is 0 Å². The van der Waals surface area contributed by atoms with Crippen molar-refractivity contribution in [2.45, 2.75) is 30.3 Å². The quantitative estimate of drug-likeness (QED) is 0.751. The lowest BCUT2D eigenvalue weighted by molar-refractivity contribution is 0.438. The lowest BCUT2D eigenvalue weighted by atomic mass is 10.6. The molecular weight excluding hydrogens is 312 g/mol. The number of hydrogen-bond acceptors (Lipinski definition) is 5. The molecule has 21 heavy (non-hydrogen) atoms. The van der Waals surface area contributed by atoms with Crippen molar-refractivity contribution in [1.29, 1.82) is 0 Å². The van der Waals surface area contributed by atoms with Gasteiger partial charge in [0.05, 0.1) is 12.7 Å². The van der Waals surface area contributed by atoms with Crippen LogP contribution in [-0.4, -0.2) is 63.9 Å². The molecule has 0 bridgehead atoms. The molecule has 1 aliphatic heterocycles. The first-order valence-electron chi connectivity index (χ1n) is 7.17. The van der Waals surface area contributed by atoms with Gasteiger partial charge in [0.1, 0.15) is 4.90 Å². The molecule has 1 aliphatic carbocycles. The minimum absolute atomic E-state index is 0.224. The summed E-state index contributed by atoms with van der Waals surface area (Å²) < 4.78 is 39.3. The normalized spacial score (nSPS) is 21.7. The first-order chi connectivity index (χ1) is 10.1. The molecule has 0 atom stereocenters. The second-order valence-electron chi connectivity index (χ2n) is 5.42. The Labute approximate surface area is 127 Å². The number of hydrogen-bond donors (Lipinski definition) is 1. The van der Waals surface area contributed by atoms with Gasteiger partial charge in [-0.3, -0.25) is 8.89 Å². The highest BCUT2D eigenvalue weighted by Crippen LogP contribution is 2.18. The predicted octanol–water partition coefficient (Wildman–Crippen LogP) is -0.612. The summed E-state index contributed by atoms with van der Waals surface area (Å²) in [7, 11) is -4.38. The van der Waals surface area contributed by atoms with Crippen LogP contribution < -0.4 is 5.32 Å². The van der Waals surface area contributed by atoms with Gasteiger partial charge in [-0.1, -0.05) is 0 Å². The monoisotopic (exact) mass is 332 g/mol. The highest BCUT2D eigenvalue weighted by molar-refractivity contribution is 7.89. The molecule has 0 spiro atoms. The van der Waals surface area contributed by atoms with E-state index in [1.807, 2.05) is 0 Å². The molecule has 9 heteroatoms. The second-order valence-corrected chi connectivity index (χ2v) is 9.05. The molecular formula is C12H20N4O3S2. The molecule has 7 nitrogen and oxygen atoms in total. The van der Waals surface area contributed by atoms with E-state index in [-0.39, 0.29) is 4.90 Å². The summed E-state index contributed by atoms with van der Waals surface area (Å²) in [4.78, 5) is 0.224. The van der Waals surface area contributed by atoms with Gasteiger partial charge >= 0.3 is 0 Å². The highest BCUT2D eigenvalue weighted by Gasteiger charge is 2.29. The Balaban J connectivity index is 1.61. The van der Waals surface area contributed by atoms with E-state index >= 15 is 0 Å². The molecule has 0 amide bonds. The number of rotatable bonds is 6. The minimum atomic E-state index is -3.50. The zero-order chi connectivity index (χ0) is 14.9. The van der Waals surface area contributed by atoms with Crippen molar-refractivity contribution in [2.75, 3.05) is 31.1 Å². The zero-order valence-corrected chi connectivity index (χ0v) is 13.4. The van der Waals surface area contributed by atoms with Crippen molar-refractivity contribution < 1.29 is 12.6 Å². The molecule has 1 aromatic rings. The van der Waals surface area contributed by atoms with E-state index in [0.717, 1.165) is 6.54 Å². The fraction of sp³-hybridized carbons (Fsp3) is 0.750. The summed E-state index contributed by atoms with van der Waals surface area (Å²) in [6.07, 6.45) is 5.44. The van der Waals surface area contributed by atoms with E-state index in [0.29, 0.717) is 37.2 Å². The van der Waals surface area contributed by atoms with Gasteiger partial charge in [-0.15, -0.1) is 0 Å². The summed E-state index contributed by atoms with van der Waals surface area (Å²) >= 11 is 0. The molecule has 1 saturated carbocycles. The Morgan fingerprint density at radius 2 is 2.05 bits per heavy atom. The third-order valence-electron chi connectivity index (χ3n) is 3.74. The molecule has 0 aromatic carbocycles. The van der Waals surface area contributed by atoms with Crippen LogP contribution in [0.3, 0.4) is 0 Å². The topological polar surface area (TPSA) is 84.3 Å². The van der Waals surface area contributed by atoms with Crippen LogP contribution in [0.1, 0.15) is 12.8 Å². The Morgan fingerprint density at radius 3 is 2.71 bits per heavy atom. The van der Waals surface area contributed by atoms with Gasteiger partial charge in [-0.25, -0.2) is 8.42 Å². The first kappa shape index (κ1) is 15.1. The van der Waals surface area contributed by atoms with Crippen LogP contribution in [0.25, 0.3) is 0 Å². The lowest BCUT2D eigenvalue weighted by Gasteiger charge is -2.24. The standard InChI is InChI=1S/C12H20N4O3S2/c17-20-7-5-16(6-8-20)21(18,19)12-9-14-15(10-12)4-3-13-11-1-2-11/h9-11,13H,1-8H2. The maximum Gasteiger partial charge on any atom is 0.246 e. The van der Waals surface area contributed by atoms with E-state index in [4.69, 9.17) is 0 Å². The second kappa shape index (κ2) is 6.15. The largest absolute Gasteiger partial charge is 0.312 e. The fourth-order valence-corrected chi connectivity index (χ4v) is 4.96. The number of sulfonamides is 1. The maximum absolute atomic E-state index is 12.5. The molecule has 1 saturated heterocycles. The van der Waals surface area contributed by atoms with Gasteiger partial charge in [-0.2, -0.15) is 9.40 Å². The average Bonchev–Trinajstić information content (AvgIpc) is 3.15. The number of aromatic nitrogens is 2. The number of nitrogens with zero attached hydrogens (tertiary/aromatic N) is 3. The third kappa shape index (κ3) is 3.71. The maximum atomic E-state index is 12.5. The van der Waals surface area contributed by atoms with Crippen molar-refractivity contribution in [2.24, 2.45) is 0 Å². The Bertz CT molecular complexity index is 614. The van der Waals surface area contributed by atoms with Gasteiger partial charge < -0.3 is 5.32 Å². The molecule has 2 fully saturated rings. The molecule has 3 rings (SSSR count). The van der Waals surface area contributed by atoms with Crippen LogP contribution in [0.15, 0.2) is 17.3 Å². The molecule has 2 heterocycles. The molecule has 1 aromatic heterocycles. The van der Waals surface area contributed by atoms with Gasteiger partial charge in [0.25, 0.3) is 0 Å².